The Hall–Kier alpha value is -4.20. The standard InChI is InChI=1S/C19H22ClN11O3/c20-12-14(22)28-13(21)11(27-12)15(32)29-18-25-8-19(30-18)2-5-31(6-3-19)16(33)9-1-4-24-10(7-9)26-17(23)34/h1,4,7H,2-3,5-6,8H2,(H4,21,22,28)(H3,23,24,26,34)(H2,25,29,30,32). The molecular formula is C19H22ClN11O3. The number of anilines is 3. The number of nitrogens with zero attached hydrogens (tertiary/aromatic N) is 5. The number of nitrogens with one attached hydrogen (secondary N) is 3. The van der Waals surface area contributed by atoms with Crippen molar-refractivity contribution in [2.45, 2.75) is 18.4 Å². The van der Waals surface area contributed by atoms with Crippen LogP contribution in [0.5, 0.6) is 0 Å². The van der Waals surface area contributed by atoms with Crippen LogP contribution < -0.4 is 33.2 Å². The van der Waals surface area contributed by atoms with Crippen molar-refractivity contribution in [2.24, 2.45) is 10.7 Å². The number of nitrogen functional groups attached to an aromatic ring is 2. The Kier molecular flexibility index (Phi) is 6.06. The Morgan fingerprint density at radius 2 is 1.85 bits per heavy atom. The molecule has 0 aromatic carbocycles. The van der Waals surface area contributed by atoms with Crippen molar-refractivity contribution in [1.82, 2.24) is 30.5 Å². The van der Waals surface area contributed by atoms with E-state index in [4.69, 9.17) is 28.8 Å². The molecule has 0 unspecified atom stereocenters. The third kappa shape index (κ3) is 4.76. The van der Waals surface area contributed by atoms with Crippen LogP contribution in [0, 0.1) is 0 Å². The Bertz CT molecular complexity index is 1190. The minimum absolute atomic E-state index is 0.0700. The number of aliphatic imine (C=N–C) groups is 1. The lowest BCUT2D eigenvalue weighted by Gasteiger charge is -2.39. The zero-order valence-corrected chi connectivity index (χ0v) is 18.6. The number of aromatic nitrogens is 3. The molecule has 9 N–H and O–H groups in total. The summed E-state index contributed by atoms with van der Waals surface area (Å²) in [4.78, 5) is 54.2. The van der Waals surface area contributed by atoms with E-state index < -0.39 is 17.5 Å². The van der Waals surface area contributed by atoms with Crippen molar-refractivity contribution in [3.8, 4) is 0 Å². The monoisotopic (exact) mass is 487 g/mol. The number of amides is 4. The molecule has 178 valence electrons. The fourth-order valence-corrected chi connectivity index (χ4v) is 3.90. The molecule has 0 aliphatic carbocycles. The van der Waals surface area contributed by atoms with E-state index in [0.29, 0.717) is 38.0 Å². The van der Waals surface area contributed by atoms with Crippen LogP contribution in [0.1, 0.15) is 33.7 Å². The summed E-state index contributed by atoms with van der Waals surface area (Å²) < 4.78 is 0. The Morgan fingerprint density at radius 3 is 2.56 bits per heavy atom. The van der Waals surface area contributed by atoms with Gasteiger partial charge in [-0.2, -0.15) is 0 Å². The third-order valence-electron chi connectivity index (χ3n) is 5.54. The van der Waals surface area contributed by atoms with Crippen molar-refractivity contribution in [1.29, 1.82) is 0 Å². The fourth-order valence-electron chi connectivity index (χ4n) is 3.77. The number of hydrogen-bond acceptors (Lipinski definition) is 10. The molecule has 2 aromatic rings. The minimum atomic E-state index is -0.763. The Morgan fingerprint density at radius 1 is 1.12 bits per heavy atom. The normalized spacial score (nSPS) is 16.5. The van der Waals surface area contributed by atoms with Crippen LogP contribution in [-0.2, 0) is 0 Å². The summed E-state index contributed by atoms with van der Waals surface area (Å²) in [5.74, 6) is -0.558. The topological polar surface area (TPSA) is 220 Å². The second-order valence-corrected chi connectivity index (χ2v) is 8.23. The number of pyridine rings is 1. The number of carbonyl (C=O) groups excluding carboxylic acids is 3. The molecule has 0 saturated carbocycles. The highest BCUT2D eigenvalue weighted by Gasteiger charge is 2.40. The van der Waals surface area contributed by atoms with E-state index in [1.165, 1.54) is 12.3 Å². The van der Waals surface area contributed by atoms with Crippen LogP contribution >= 0.6 is 11.6 Å². The molecule has 34 heavy (non-hydrogen) atoms. The summed E-state index contributed by atoms with van der Waals surface area (Å²) in [7, 11) is 0. The lowest BCUT2D eigenvalue weighted by Crippen LogP contribution is -2.57. The van der Waals surface area contributed by atoms with Gasteiger partial charge in [0.15, 0.2) is 28.4 Å². The van der Waals surface area contributed by atoms with E-state index in [9.17, 15) is 14.4 Å². The highest BCUT2D eigenvalue weighted by molar-refractivity contribution is 6.31. The number of halogens is 1. The van der Waals surface area contributed by atoms with Crippen LogP contribution in [0.4, 0.5) is 22.2 Å². The van der Waals surface area contributed by atoms with Gasteiger partial charge in [-0.05, 0) is 25.0 Å². The zero-order valence-electron chi connectivity index (χ0n) is 17.8. The summed E-state index contributed by atoms with van der Waals surface area (Å²) in [5.41, 5.74) is 16.2. The van der Waals surface area contributed by atoms with Crippen molar-refractivity contribution >= 4 is 52.9 Å². The van der Waals surface area contributed by atoms with Gasteiger partial charge >= 0.3 is 6.03 Å². The largest absolute Gasteiger partial charge is 0.382 e. The van der Waals surface area contributed by atoms with Crippen molar-refractivity contribution in [3.05, 3.63) is 34.7 Å². The first-order chi connectivity index (χ1) is 16.2. The first kappa shape index (κ1) is 23.0. The third-order valence-corrected chi connectivity index (χ3v) is 5.82. The maximum absolute atomic E-state index is 12.9. The van der Waals surface area contributed by atoms with Crippen molar-refractivity contribution in [3.63, 3.8) is 0 Å². The van der Waals surface area contributed by atoms with Gasteiger partial charge in [-0.1, -0.05) is 11.6 Å². The fraction of sp³-hybridized carbons (Fsp3) is 0.316. The number of rotatable bonds is 3. The van der Waals surface area contributed by atoms with Crippen molar-refractivity contribution in [2.75, 3.05) is 36.4 Å². The molecule has 15 heteroatoms. The number of hydrogen-bond donors (Lipinski definition) is 6. The molecule has 0 radical (unpaired) electrons. The summed E-state index contributed by atoms with van der Waals surface area (Å²) >= 11 is 5.84. The predicted octanol–water partition coefficient (Wildman–Crippen LogP) is -0.456. The van der Waals surface area contributed by atoms with Crippen LogP contribution in [-0.4, -0.2) is 68.8 Å². The second kappa shape index (κ2) is 8.97. The number of nitrogens with two attached hydrogens (primary N) is 3. The Labute approximate surface area is 198 Å². The molecule has 1 saturated heterocycles. The van der Waals surface area contributed by atoms with Crippen LogP contribution in [0.3, 0.4) is 0 Å². The lowest BCUT2D eigenvalue weighted by atomic mass is 9.88. The quantitative estimate of drug-likeness (QED) is 0.329. The molecule has 4 heterocycles. The number of likely N-dealkylation sites (tertiary alicyclic amines) is 1. The maximum Gasteiger partial charge on any atom is 0.317 e. The lowest BCUT2D eigenvalue weighted by molar-refractivity contribution is 0.0668. The van der Waals surface area contributed by atoms with Gasteiger partial charge < -0.3 is 27.4 Å². The molecule has 4 amide bonds. The first-order valence-corrected chi connectivity index (χ1v) is 10.6. The number of primary amides is 1. The average Bonchev–Trinajstić information content (AvgIpc) is 3.17. The Balaban J connectivity index is 1.34. The highest BCUT2D eigenvalue weighted by Crippen LogP contribution is 2.27. The summed E-state index contributed by atoms with van der Waals surface area (Å²) in [6.07, 6.45) is 2.64. The van der Waals surface area contributed by atoms with E-state index >= 15 is 0 Å². The molecule has 4 rings (SSSR count). The summed E-state index contributed by atoms with van der Waals surface area (Å²) in [6, 6.07) is 2.28. The van der Waals surface area contributed by atoms with Gasteiger partial charge in [0, 0.05) is 24.8 Å². The van der Waals surface area contributed by atoms with Gasteiger partial charge in [-0.25, -0.2) is 19.7 Å². The van der Waals surface area contributed by atoms with Crippen molar-refractivity contribution < 1.29 is 14.4 Å². The van der Waals surface area contributed by atoms with Gasteiger partial charge in [0.05, 0.1) is 12.1 Å². The smallest absolute Gasteiger partial charge is 0.317 e. The summed E-state index contributed by atoms with van der Waals surface area (Å²) in [5, 5.41) is 8.09. The molecule has 2 aromatic heterocycles. The van der Waals surface area contributed by atoms with Gasteiger partial charge in [0.25, 0.3) is 11.8 Å². The molecule has 2 aliphatic heterocycles. The maximum atomic E-state index is 12.9. The van der Waals surface area contributed by atoms with Crippen LogP contribution in [0.25, 0.3) is 0 Å². The van der Waals surface area contributed by atoms with Gasteiger partial charge in [-0.15, -0.1) is 0 Å². The molecule has 14 nitrogen and oxygen atoms in total. The molecule has 0 atom stereocenters. The van der Waals surface area contributed by atoms with E-state index in [1.807, 2.05) is 0 Å². The van der Waals surface area contributed by atoms with Gasteiger partial charge in [0.2, 0.25) is 0 Å². The highest BCUT2D eigenvalue weighted by atomic mass is 35.5. The first-order valence-electron chi connectivity index (χ1n) is 10.2. The second-order valence-electron chi connectivity index (χ2n) is 7.87. The SMILES string of the molecule is NC(=O)Nc1cc(C(=O)N2CCC3(CC2)CN=C(NC(=O)c2nc(Cl)c(N)nc2N)N3)ccn1. The van der Waals surface area contributed by atoms with Crippen LogP contribution in [0.2, 0.25) is 5.15 Å². The van der Waals surface area contributed by atoms with E-state index in [2.05, 4.69) is 35.9 Å². The minimum Gasteiger partial charge on any atom is -0.382 e. The number of urea groups is 1. The average molecular weight is 488 g/mol. The number of carbonyl (C=O) groups is 3. The molecule has 1 fully saturated rings. The number of piperidine rings is 1. The van der Waals surface area contributed by atoms with E-state index in [0.717, 1.165) is 0 Å². The van der Waals surface area contributed by atoms with Gasteiger partial charge in [0.1, 0.15) is 5.82 Å². The molecule has 0 bridgehead atoms. The van der Waals surface area contributed by atoms with E-state index in [1.54, 1.807) is 11.0 Å². The number of guanidine groups is 1. The zero-order chi connectivity index (χ0) is 24.5. The molecule has 2 aliphatic rings. The predicted molar refractivity (Wildman–Crippen MR) is 124 cm³/mol. The van der Waals surface area contributed by atoms with Crippen LogP contribution in [0.15, 0.2) is 23.3 Å². The molecular weight excluding hydrogens is 466 g/mol. The van der Waals surface area contributed by atoms with Gasteiger partial charge in [-0.3, -0.25) is 25.2 Å². The summed E-state index contributed by atoms with van der Waals surface area (Å²) in [6.45, 7) is 1.36. The van der Waals surface area contributed by atoms with E-state index in [-0.39, 0.29) is 40.2 Å². The molecule has 1 spiro atoms.